The minimum atomic E-state index is -3.56. The molecule has 0 aliphatic carbocycles. The van der Waals surface area contributed by atoms with Crippen molar-refractivity contribution in [1.82, 2.24) is 0 Å². The zero-order valence-electron chi connectivity index (χ0n) is 7.40. The van der Waals surface area contributed by atoms with Gasteiger partial charge in [0.15, 0.2) is 0 Å². The zero-order chi connectivity index (χ0) is 10.8. The van der Waals surface area contributed by atoms with Gasteiger partial charge in [-0.05, 0) is 24.0 Å². The van der Waals surface area contributed by atoms with Crippen LogP contribution in [0.1, 0.15) is 5.56 Å². The second-order valence-electron chi connectivity index (χ2n) is 2.69. The number of thioether (sulfide) groups is 1. The van der Waals surface area contributed by atoms with Crippen molar-refractivity contribution in [3.05, 3.63) is 23.8 Å². The second kappa shape index (κ2) is 4.42. The molecule has 3 nitrogen and oxygen atoms in total. The van der Waals surface area contributed by atoms with Crippen molar-refractivity contribution in [1.29, 1.82) is 0 Å². The molecule has 0 fully saturated rings. The Kier molecular flexibility index (Phi) is 3.69. The van der Waals surface area contributed by atoms with E-state index in [9.17, 15) is 13.5 Å². The normalized spacial score (nSPS) is 11.6. The standard InChI is InChI=1S/C8H9ClO3S2/c1-13-8-3-2-6(4-7(8)10)5-14(9,11)12/h2-4,10H,5H2,1H3. The molecule has 0 radical (unpaired) electrons. The molecule has 0 spiro atoms. The molecule has 0 aliphatic rings. The van der Waals surface area contributed by atoms with Crippen LogP contribution in [-0.4, -0.2) is 19.8 Å². The lowest BCUT2D eigenvalue weighted by atomic mass is 10.2. The Hall–Kier alpha value is -0.390. The first-order chi connectivity index (χ1) is 6.42. The molecular weight excluding hydrogens is 244 g/mol. The third-order valence-electron chi connectivity index (χ3n) is 1.58. The molecule has 1 rings (SSSR count). The predicted octanol–water partition coefficient (Wildman–Crippen LogP) is 2.18. The molecule has 0 amide bonds. The Morgan fingerprint density at radius 1 is 1.50 bits per heavy atom. The molecule has 0 atom stereocenters. The smallest absolute Gasteiger partial charge is 0.236 e. The lowest BCUT2D eigenvalue weighted by Crippen LogP contribution is -1.94. The Labute approximate surface area is 91.5 Å². The number of phenolic OH excluding ortho intramolecular Hbond substituents is 1. The third kappa shape index (κ3) is 3.40. The summed E-state index contributed by atoms with van der Waals surface area (Å²) in [4.78, 5) is 0.709. The molecule has 14 heavy (non-hydrogen) atoms. The number of benzene rings is 1. The quantitative estimate of drug-likeness (QED) is 0.662. The van der Waals surface area contributed by atoms with Crippen LogP contribution in [0, 0.1) is 0 Å². The topological polar surface area (TPSA) is 54.4 Å². The summed E-state index contributed by atoms with van der Waals surface area (Å²) in [7, 11) is 1.52. The van der Waals surface area contributed by atoms with Crippen LogP contribution in [0.2, 0.25) is 0 Å². The second-order valence-corrected chi connectivity index (χ2v) is 6.31. The van der Waals surface area contributed by atoms with Crippen molar-refractivity contribution >= 4 is 31.5 Å². The van der Waals surface area contributed by atoms with Crippen LogP contribution in [0.3, 0.4) is 0 Å². The van der Waals surface area contributed by atoms with Gasteiger partial charge in [-0.3, -0.25) is 0 Å². The van der Waals surface area contributed by atoms with Crippen LogP contribution in [0.15, 0.2) is 23.1 Å². The van der Waals surface area contributed by atoms with Crippen molar-refractivity contribution < 1.29 is 13.5 Å². The average molecular weight is 253 g/mol. The number of phenols is 1. The van der Waals surface area contributed by atoms with E-state index in [1.54, 1.807) is 12.1 Å². The Morgan fingerprint density at radius 3 is 2.57 bits per heavy atom. The lowest BCUT2D eigenvalue weighted by molar-refractivity contribution is 0.462. The molecule has 0 aromatic heterocycles. The van der Waals surface area contributed by atoms with Crippen molar-refractivity contribution in [3.63, 3.8) is 0 Å². The van der Waals surface area contributed by atoms with E-state index >= 15 is 0 Å². The number of hydrogen-bond donors (Lipinski definition) is 1. The molecule has 78 valence electrons. The number of hydrogen-bond acceptors (Lipinski definition) is 4. The van der Waals surface area contributed by atoms with Crippen molar-refractivity contribution in [3.8, 4) is 5.75 Å². The van der Waals surface area contributed by atoms with Crippen LogP contribution in [0.4, 0.5) is 0 Å². The van der Waals surface area contributed by atoms with Gasteiger partial charge in [0, 0.05) is 15.6 Å². The minimum Gasteiger partial charge on any atom is -0.507 e. The molecular formula is C8H9ClO3S2. The Balaban J connectivity index is 2.98. The average Bonchev–Trinajstić information content (AvgIpc) is 2.01. The molecule has 0 saturated heterocycles. The van der Waals surface area contributed by atoms with Crippen LogP contribution < -0.4 is 0 Å². The summed E-state index contributed by atoms with van der Waals surface area (Å²) in [6.45, 7) is 0. The fourth-order valence-corrected chi connectivity index (χ4v) is 2.45. The van der Waals surface area contributed by atoms with Gasteiger partial charge in [0.25, 0.3) is 0 Å². The number of rotatable bonds is 3. The van der Waals surface area contributed by atoms with E-state index in [0.717, 1.165) is 0 Å². The lowest BCUT2D eigenvalue weighted by Gasteiger charge is -2.03. The first kappa shape index (κ1) is 11.7. The van der Waals surface area contributed by atoms with Gasteiger partial charge in [0.05, 0.1) is 5.75 Å². The molecule has 0 aliphatic heterocycles. The molecule has 1 aromatic rings. The van der Waals surface area contributed by atoms with Gasteiger partial charge in [0.1, 0.15) is 5.75 Å². The van der Waals surface area contributed by atoms with Gasteiger partial charge in [-0.2, -0.15) is 0 Å². The summed E-state index contributed by atoms with van der Waals surface area (Å²) >= 11 is 1.39. The van der Waals surface area contributed by atoms with E-state index < -0.39 is 9.05 Å². The number of halogens is 1. The molecule has 0 bridgehead atoms. The van der Waals surface area contributed by atoms with Gasteiger partial charge in [0.2, 0.25) is 9.05 Å². The van der Waals surface area contributed by atoms with Crippen LogP contribution in [0.25, 0.3) is 0 Å². The summed E-state index contributed by atoms with van der Waals surface area (Å²) in [5.41, 5.74) is 0.482. The van der Waals surface area contributed by atoms with Crippen LogP contribution in [-0.2, 0) is 14.8 Å². The third-order valence-corrected chi connectivity index (χ3v) is 3.37. The van der Waals surface area contributed by atoms with Gasteiger partial charge in [-0.25, -0.2) is 8.42 Å². The van der Waals surface area contributed by atoms with Crippen molar-refractivity contribution in [2.75, 3.05) is 6.26 Å². The molecule has 0 unspecified atom stereocenters. The summed E-state index contributed by atoms with van der Waals surface area (Å²) in [5.74, 6) is -0.188. The van der Waals surface area contributed by atoms with E-state index in [-0.39, 0.29) is 11.5 Å². The maximum Gasteiger partial charge on any atom is 0.236 e. The molecule has 1 aromatic carbocycles. The minimum absolute atomic E-state index is 0.0790. The highest BCUT2D eigenvalue weighted by Gasteiger charge is 2.09. The largest absolute Gasteiger partial charge is 0.507 e. The fraction of sp³-hybridized carbons (Fsp3) is 0.250. The highest BCUT2D eigenvalue weighted by atomic mass is 35.7. The van der Waals surface area contributed by atoms with E-state index in [1.165, 1.54) is 17.8 Å². The summed E-state index contributed by atoms with van der Waals surface area (Å²) < 4.78 is 21.5. The van der Waals surface area contributed by atoms with E-state index in [4.69, 9.17) is 10.7 Å². The Morgan fingerprint density at radius 2 is 2.14 bits per heavy atom. The number of aromatic hydroxyl groups is 1. The van der Waals surface area contributed by atoms with E-state index in [0.29, 0.717) is 10.5 Å². The SMILES string of the molecule is CSc1ccc(CS(=O)(=O)Cl)cc1O. The summed E-state index contributed by atoms with van der Waals surface area (Å²) in [6.07, 6.45) is 1.83. The Bertz CT molecular complexity index is 428. The van der Waals surface area contributed by atoms with Gasteiger partial charge >= 0.3 is 0 Å². The van der Waals surface area contributed by atoms with Gasteiger partial charge in [-0.15, -0.1) is 11.8 Å². The molecule has 0 saturated carbocycles. The van der Waals surface area contributed by atoms with Crippen LogP contribution >= 0.6 is 22.4 Å². The van der Waals surface area contributed by atoms with Crippen molar-refractivity contribution in [2.45, 2.75) is 10.6 Å². The van der Waals surface area contributed by atoms with Crippen molar-refractivity contribution in [2.24, 2.45) is 0 Å². The first-order valence-corrected chi connectivity index (χ1v) is 7.41. The van der Waals surface area contributed by atoms with E-state index in [1.807, 2.05) is 6.26 Å². The maximum absolute atomic E-state index is 10.7. The molecule has 6 heteroatoms. The highest BCUT2D eigenvalue weighted by Crippen LogP contribution is 2.28. The summed E-state index contributed by atoms with van der Waals surface area (Å²) in [5, 5.41) is 9.43. The monoisotopic (exact) mass is 252 g/mol. The van der Waals surface area contributed by atoms with E-state index in [2.05, 4.69) is 0 Å². The van der Waals surface area contributed by atoms with Gasteiger partial charge < -0.3 is 5.11 Å². The molecule has 1 N–H and O–H groups in total. The first-order valence-electron chi connectivity index (χ1n) is 3.70. The zero-order valence-corrected chi connectivity index (χ0v) is 9.79. The molecule has 0 heterocycles. The predicted molar refractivity (Wildman–Crippen MR) is 58.4 cm³/mol. The maximum atomic E-state index is 10.7. The van der Waals surface area contributed by atoms with Crippen LogP contribution in [0.5, 0.6) is 5.75 Å². The highest BCUT2D eigenvalue weighted by molar-refractivity contribution is 8.13. The fourth-order valence-electron chi connectivity index (χ4n) is 1.02. The summed E-state index contributed by atoms with van der Waals surface area (Å²) in [6, 6.07) is 4.70. The van der Waals surface area contributed by atoms with Gasteiger partial charge in [-0.1, -0.05) is 6.07 Å².